The van der Waals surface area contributed by atoms with Gasteiger partial charge >= 0.3 is 0 Å². The van der Waals surface area contributed by atoms with E-state index in [4.69, 9.17) is 4.98 Å². The second kappa shape index (κ2) is 11.0. The molecule has 51 heavy (non-hydrogen) atoms. The molecule has 0 fully saturated rings. The zero-order valence-corrected chi connectivity index (χ0v) is 28.3. The number of nitrogens with zero attached hydrogens (tertiary/aromatic N) is 3. The Bertz CT molecular complexity index is 3140. The zero-order valence-electron chi connectivity index (χ0n) is 27.5. The predicted octanol–water partition coefficient (Wildman–Crippen LogP) is 13.0. The van der Waals surface area contributed by atoms with E-state index in [1.165, 1.54) is 80.7 Å². The van der Waals surface area contributed by atoms with E-state index in [-0.39, 0.29) is 0 Å². The summed E-state index contributed by atoms with van der Waals surface area (Å²) < 4.78 is 7.31. The van der Waals surface area contributed by atoms with Crippen molar-refractivity contribution in [2.45, 2.75) is 0 Å². The maximum atomic E-state index is 4.97. The van der Waals surface area contributed by atoms with Crippen molar-refractivity contribution in [1.29, 1.82) is 0 Å². The van der Waals surface area contributed by atoms with E-state index >= 15 is 0 Å². The maximum Gasteiger partial charge on any atom is 0.138 e. The van der Waals surface area contributed by atoms with Crippen LogP contribution in [0.2, 0.25) is 0 Å². The van der Waals surface area contributed by atoms with E-state index in [2.05, 4.69) is 179 Å². The Morgan fingerprint density at radius 3 is 1.73 bits per heavy atom. The first kappa shape index (κ1) is 28.4. The van der Waals surface area contributed by atoms with Crippen LogP contribution in [0.15, 0.2) is 176 Å². The van der Waals surface area contributed by atoms with Gasteiger partial charge in [-0.15, -0.1) is 11.3 Å². The third kappa shape index (κ3) is 4.27. The molecule has 0 radical (unpaired) electrons. The lowest BCUT2D eigenvalue weighted by atomic mass is 10.0. The van der Waals surface area contributed by atoms with E-state index in [9.17, 15) is 0 Å². The minimum atomic E-state index is 0.916. The second-order valence-electron chi connectivity index (χ2n) is 13.2. The second-order valence-corrected chi connectivity index (χ2v) is 14.2. The Kier molecular flexibility index (Phi) is 6.12. The lowest BCUT2D eigenvalue weighted by Gasteiger charge is -2.10. The number of fused-ring (bicyclic) bond motifs is 9. The minimum absolute atomic E-state index is 0.916. The van der Waals surface area contributed by atoms with Crippen LogP contribution >= 0.6 is 11.3 Å². The van der Waals surface area contributed by atoms with Gasteiger partial charge in [0.05, 0.1) is 22.1 Å². The number of thiophene rings is 1. The van der Waals surface area contributed by atoms with Crippen molar-refractivity contribution in [3.05, 3.63) is 176 Å². The van der Waals surface area contributed by atoms with Gasteiger partial charge in [0.15, 0.2) is 0 Å². The first-order chi connectivity index (χ1) is 25.3. The predicted molar refractivity (Wildman–Crippen MR) is 217 cm³/mol. The van der Waals surface area contributed by atoms with Crippen molar-refractivity contribution < 1.29 is 0 Å². The molecule has 0 aliphatic carbocycles. The Morgan fingerprint density at radius 2 is 0.980 bits per heavy atom. The molecule has 0 bridgehead atoms. The van der Waals surface area contributed by atoms with Gasteiger partial charge in [0.2, 0.25) is 0 Å². The summed E-state index contributed by atoms with van der Waals surface area (Å²) in [7, 11) is 0. The third-order valence-corrected chi connectivity index (χ3v) is 11.6. The summed E-state index contributed by atoms with van der Waals surface area (Å²) in [6.45, 7) is 0. The quantitative estimate of drug-likeness (QED) is 0.183. The molecular formula is C47H29N3S. The molecule has 0 unspecified atom stereocenters. The van der Waals surface area contributed by atoms with Crippen molar-refractivity contribution in [3.63, 3.8) is 0 Å². The van der Waals surface area contributed by atoms with Crippen LogP contribution in [0.4, 0.5) is 0 Å². The minimum Gasteiger partial charge on any atom is -0.309 e. The molecule has 0 aliphatic rings. The van der Waals surface area contributed by atoms with Gasteiger partial charge in [-0.1, -0.05) is 103 Å². The first-order valence-electron chi connectivity index (χ1n) is 17.3. The molecule has 11 rings (SSSR count). The summed E-state index contributed by atoms with van der Waals surface area (Å²) in [5.74, 6) is 0.916. The molecular weight excluding hydrogens is 639 g/mol. The summed E-state index contributed by atoms with van der Waals surface area (Å²) in [6.07, 6.45) is 1.95. The highest BCUT2D eigenvalue weighted by molar-refractivity contribution is 7.26. The van der Waals surface area contributed by atoms with Crippen LogP contribution in [0.1, 0.15) is 0 Å². The van der Waals surface area contributed by atoms with Crippen LogP contribution in [-0.2, 0) is 0 Å². The molecule has 4 heterocycles. The topological polar surface area (TPSA) is 22.8 Å². The lowest BCUT2D eigenvalue weighted by molar-refractivity contribution is 1.08. The smallest absolute Gasteiger partial charge is 0.138 e. The molecule has 4 heteroatoms. The van der Waals surface area contributed by atoms with Crippen LogP contribution in [0, 0.1) is 0 Å². The average Bonchev–Trinajstić information content (AvgIpc) is 3.85. The molecule has 238 valence electrons. The number of hydrogen-bond acceptors (Lipinski definition) is 2. The summed E-state index contributed by atoms with van der Waals surface area (Å²) in [5, 5.41) is 7.56. The Labute approximate surface area is 297 Å². The molecule has 0 saturated heterocycles. The number of hydrogen-bond donors (Lipinski definition) is 0. The standard InChI is InChI=1S/C47H29N3S/c1-2-11-33(12-3-1)49-41-18-7-4-13-35(41)39-27-30(21-23-43(39)49)31-22-24-44-40(28-31)36-14-5-8-19-42(36)50(44)46-29-32(25-26-48-46)34-16-10-17-38-37-15-6-9-20-45(37)51-47(34)38/h1-29H. The molecule has 0 N–H and O–H groups in total. The van der Waals surface area contributed by atoms with Gasteiger partial charge in [-0.25, -0.2) is 4.98 Å². The highest BCUT2D eigenvalue weighted by Gasteiger charge is 2.17. The molecule has 11 aromatic rings. The SMILES string of the molecule is c1ccc(-n2c3ccccc3c3cc(-c4ccc5c(c4)c4ccccc4n5-c4cc(-c5cccc6c5sc5ccccc56)ccn4)ccc32)cc1. The van der Waals surface area contributed by atoms with Crippen molar-refractivity contribution in [3.8, 4) is 33.8 Å². The van der Waals surface area contributed by atoms with Gasteiger partial charge in [-0.2, -0.15) is 0 Å². The Hall–Kier alpha value is -6.49. The van der Waals surface area contributed by atoms with Crippen molar-refractivity contribution in [2.75, 3.05) is 0 Å². The van der Waals surface area contributed by atoms with Crippen molar-refractivity contribution in [1.82, 2.24) is 14.1 Å². The fourth-order valence-corrected chi connectivity index (χ4v) is 9.33. The van der Waals surface area contributed by atoms with Crippen LogP contribution in [0.3, 0.4) is 0 Å². The number of pyridine rings is 1. The largest absolute Gasteiger partial charge is 0.309 e. The molecule has 0 aliphatic heterocycles. The molecule has 0 saturated carbocycles. The van der Waals surface area contributed by atoms with Crippen LogP contribution in [0.25, 0.3) is 97.5 Å². The van der Waals surface area contributed by atoms with E-state index in [1.54, 1.807) is 0 Å². The maximum absolute atomic E-state index is 4.97. The average molecular weight is 668 g/mol. The van der Waals surface area contributed by atoms with E-state index < -0.39 is 0 Å². The number of aromatic nitrogens is 3. The normalized spacial score (nSPS) is 11.9. The number of rotatable bonds is 4. The third-order valence-electron chi connectivity index (χ3n) is 10.4. The van der Waals surface area contributed by atoms with Gasteiger partial charge in [-0.05, 0) is 89.0 Å². The molecule has 0 atom stereocenters. The van der Waals surface area contributed by atoms with Crippen molar-refractivity contribution >= 4 is 75.1 Å². The first-order valence-corrected chi connectivity index (χ1v) is 18.1. The summed E-state index contributed by atoms with van der Waals surface area (Å²) in [6, 6.07) is 61.6. The molecule has 0 amide bonds. The van der Waals surface area contributed by atoms with Gasteiger partial charge in [0.25, 0.3) is 0 Å². The van der Waals surface area contributed by atoms with Gasteiger partial charge < -0.3 is 4.57 Å². The molecule has 7 aromatic carbocycles. The fraction of sp³-hybridized carbons (Fsp3) is 0. The fourth-order valence-electron chi connectivity index (χ4n) is 8.09. The summed E-state index contributed by atoms with van der Waals surface area (Å²) >= 11 is 1.86. The molecule has 4 aromatic heterocycles. The highest BCUT2D eigenvalue weighted by Crippen LogP contribution is 2.41. The Balaban J connectivity index is 1.07. The zero-order chi connectivity index (χ0) is 33.5. The Morgan fingerprint density at radius 1 is 0.392 bits per heavy atom. The molecule has 3 nitrogen and oxygen atoms in total. The lowest BCUT2D eigenvalue weighted by Crippen LogP contribution is -1.97. The summed E-state index contributed by atoms with van der Waals surface area (Å²) in [5.41, 5.74) is 10.7. The van der Waals surface area contributed by atoms with Gasteiger partial charge in [0, 0.05) is 53.6 Å². The van der Waals surface area contributed by atoms with Crippen LogP contribution in [0.5, 0.6) is 0 Å². The number of benzene rings is 7. The van der Waals surface area contributed by atoms with Crippen molar-refractivity contribution in [2.24, 2.45) is 0 Å². The monoisotopic (exact) mass is 667 g/mol. The van der Waals surface area contributed by atoms with Gasteiger partial charge in [-0.3, -0.25) is 4.57 Å². The van der Waals surface area contributed by atoms with E-state index in [0.29, 0.717) is 0 Å². The summed E-state index contributed by atoms with van der Waals surface area (Å²) in [4.78, 5) is 4.97. The highest BCUT2D eigenvalue weighted by atomic mass is 32.1. The van der Waals surface area contributed by atoms with Crippen LogP contribution < -0.4 is 0 Å². The van der Waals surface area contributed by atoms with E-state index in [1.807, 2.05) is 17.5 Å². The van der Waals surface area contributed by atoms with Crippen LogP contribution in [-0.4, -0.2) is 14.1 Å². The van der Waals surface area contributed by atoms with E-state index in [0.717, 1.165) is 16.9 Å². The number of para-hydroxylation sites is 3. The van der Waals surface area contributed by atoms with Gasteiger partial charge in [0.1, 0.15) is 5.82 Å². The molecule has 0 spiro atoms.